The van der Waals surface area contributed by atoms with Gasteiger partial charge in [-0.1, -0.05) is 6.92 Å². The molecular weight excluding hydrogens is 236 g/mol. The summed E-state index contributed by atoms with van der Waals surface area (Å²) >= 11 is 0. The van der Waals surface area contributed by atoms with Gasteiger partial charge in [-0.25, -0.2) is 0 Å². The molecule has 1 aliphatic heterocycles. The van der Waals surface area contributed by atoms with E-state index in [0.717, 1.165) is 0 Å². The van der Waals surface area contributed by atoms with Crippen LogP contribution in [0.3, 0.4) is 0 Å². The minimum Gasteiger partial charge on any atom is -0.392 e. The normalized spacial score (nSPS) is 17.0. The van der Waals surface area contributed by atoms with E-state index in [1.807, 2.05) is 0 Å². The average molecular weight is 252 g/mol. The molecule has 0 unspecified atom stereocenters. The SMILES string of the molecule is CC1(CNc2cc(CO)ccc2[N+](=O)[O-])COC1. The predicted octanol–water partition coefficient (Wildman–Crippen LogP) is 1.54. The summed E-state index contributed by atoms with van der Waals surface area (Å²) in [6, 6.07) is 4.58. The molecule has 0 saturated carbocycles. The molecule has 6 heteroatoms. The number of nitro groups is 1. The molecule has 0 amide bonds. The standard InChI is InChI=1S/C12H16N2O4/c1-12(7-18-8-12)6-13-10-4-9(5-15)2-3-11(10)14(16)17/h2-4,13,15H,5-8H2,1H3. The van der Waals surface area contributed by atoms with Crippen molar-refractivity contribution in [2.75, 3.05) is 25.1 Å². The predicted molar refractivity (Wildman–Crippen MR) is 66.4 cm³/mol. The highest BCUT2D eigenvalue weighted by Gasteiger charge is 2.33. The highest BCUT2D eigenvalue weighted by atomic mass is 16.6. The highest BCUT2D eigenvalue weighted by Crippen LogP contribution is 2.30. The van der Waals surface area contributed by atoms with Crippen molar-refractivity contribution in [1.82, 2.24) is 0 Å². The fourth-order valence-electron chi connectivity index (χ4n) is 1.84. The minimum absolute atomic E-state index is 0.0241. The van der Waals surface area contributed by atoms with Crippen molar-refractivity contribution in [2.45, 2.75) is 13.5 Å². The summed E-state index contributed by atoms with van der Waals surface area (Å²) in [7, 11) is 0. The molecule has 2 N–H and O–H groups in total. The molecule has 0 aliphatic carbocycles. The van der Waals surface area contributed by atoms with E-state index in [1.54, 1.807) is 12.1 Å². The van der Waals surface area contributed by atoms with Crippen molar-refractivity contribution in [3.05, 3.63) is 33.9 Å². The molecule has 6 nitrogen and oxygen atoms in total. The Hall–Kier alpha value is -1.66. The third-order valence-corrected chi connectivity index (χ3v) is 3.05. The number of benzene rings is 1. The van der Waals surface area contributed by atoms with Crippen molar-refractivity contribution in [2.24, 2.45) is 5.41 Å². The second-order valence-electron chi connectivity index (χ2n) is 4.92. The molecule has 98 valence electrons. The Morgan fingerprint density at radius 2 is 2.28 bits per heavy atom. The summed E-state index contributed by atoms with van der Waals surface area (Å²) in [4.78, 5) is 10.5. The summed E-state index contributed by atoms with van der Waals surface area (Å²) < 4.78 is 5.14. The number of rotatable bonds is 5. The first-order valence-electron chi connectivity index (χ1n) is 5.74. The van der Waals surface area contributed by atoms with Gasteiger partial charge in [0.15, 0.2) is 0 Å². The molecule has 1 aliphatic rings. The van der Waals surface area contributed by atoms with Gasteiger partial charge in [0.25, 0.3) is 5.69 Å². The van der Waals surface area contributed by atoms with Crippen molar-refractivity contribution >= 4 is 11.4 Å². The van der Waals surface area contributed by atoms with E-state index in [0.29, 0.717) is 31.0 Å². The van der Waals surface area contributed by atoms with Gasteiger partial charge >= 0.3 is 0 Å². The van der Waals surface area contributed by atoms with E-state index in [1.165, 1.54) is 6.07 Å². The van der Waals surface area contributed by atoms with E-state index in [-0.39, 0.29) is 17.7 Å². The summed E-state index contributed by atoms with van der Waals surface area (Å²) in [5.41, 5.74) is 1.15. The molecular formula is C12H16N2O4. The molecule has 0 radical (unpaired) electrons. The minimum atomic E-state index is -0.427. The second-order valence-corrected chi connectivity index (χ2v) is 4.92. The monoisotopic (exact) mass is 252 g/mol. The number of nitro benzene ring substituents is 1. The number of hydrogen-bond acceptors (Lipinski definition) is 5. The Kier molecular flexibility index (Phi) is 3.49. The molecule has 1 saturated heterocycles. The third kappa shape index (κ3) is 2.60. The quantitative estimate of drug-likeness (QED) is 0.613. The van der Waals surface area contributed by atoms with E-state index in [9.17, 15) is 10.1 Å². The molecule has 1 aromatic carbocycles. The zero-order chi connectivity index (χ0) is 13.2. The van der Waals surface area contributed by atoms with Gasteiger partial charge in [-0.3, -0.25) is 10.1 Å². The molecule has 1 fully saturated rings. The van der Waals surface area contributed by atoms with E-state index >= 15 is 0 Å². The summed E-state index contributed by atoms with van der Waals surface area (Å²) in [6.45, 7) is 3.86. The molecule has 1 aromatic rings. The van der Waals surface area contributed by atoms with Crippen LogP contribution >= 0.6 is 0 Å². The van der Waals surface area contributed by atoms with Gasteiger partial charge in [-0.15, -0.1) is 0 Å². The van der Waals surface area contributed by atoms with Gasteiger partial charge in [-0.2, -0.15) is 0 Å². The Morgan fingerprint density at radius 3 is 2.78 bits per heavy atom. The fourth-order valence-corrected chi connectivity index (χ4v) is 1.84. The number of hydrogen-bond donors (Lipinski definition) is 2. The average Bonchev–Trinajstić information content (AvgIpc) is 2.33. The first-order chi connectivity index (χ1) is 8.54. The van der Waals surface area contributed by atoms with Gasteiger partial charge in [0.1, 0.15) is 5.69 Å². The third-order valence-electron chi connectivity index (χ3n) is 3.05. The largest absolute Gasteiger partial charge is 0.392 e. The van der Waals surface area contributed by atoms with Crippen LogP contribution in [0.25, 0.3) is 0 Å². The van der Waals surface area contributed by atoms with Gasteiger partial charge in [0.2, 0.25) is 0 Å². The zero-order valence-electron chi connectivity index (χ0n) is 10.2. The van der Waals surface area contributed by atoms with Gasteiger partial charge < -0.3 is 15.2 Å². The lowest BCUT2D eigenvalue weighted by molar-refractivity contribution is -0.384. The summed E-state index contributed by atoms with van der Waals surface area (Å²) in [5.74, 6) is 0. The van der Waals surface area contributed by atoms with Crippen molar-refractivity contribution in [1.29, 1.82) is 0 Å². The maximum atomic E-state index is 10.9. The number of ether oxygens (including phenoxy) is 1. The first-order valence-corrected chi connectivity index (χ1v) is 5.74. The summed E-state index contributed by atoms with van der Waals surface area (Å²) in [6.07, 6.45) is 0. The van der Waals surface area contributed by atoms with Gasteiger partial charge in [-0.05, 0) is 17.7 Å². The number of nitrogens with one attached hydrogen (secondary N) is 1. The summed E-state index contributed by atoms with van der Waals surface area (Å²) in [5, 5.41) is 23.0. The Bertz CT molecular complexity index is 457. The lowest BCUT2D eigenvalue weighted by Gasteiger charge is -2.38. The van der Waals surface area contributed by atoms with Crippen LogP contribution in [0.1, 0.15) is 12.5 Å². The van der Waals surface area contributed by atoms with Crippen molar-refractivity contribution < 1.29 is 14.8 Å². The smallest absolute Gasteiger partial charge is 0.292 e. The maximum absolute atomic E-state index is 10.9. The Balaban J connectivity index is 2.15. The van der Waals surface area contributed by atoms with Crippen LogP contribution in [0.5, 0.6) is 0 Å². The molecule has 1 heterocycles. The van der Waals surface area contributed by atoms with Crippen molar-refractivity contribution in [3.63, 3.8) is 0 Å². The van der Waals surface area contributed by atoms with Crippen LogP contribution in [0, 0.1) is 15.5 Å². The molecule has 0 aromatic heterocycles. The number of aliphatic hydroxyl groups excluding tert-OH is 1. The number of aliphatic hydroxyl groups is 1. The Labute approximate surface area is 105 Å². The van der Waals surface area contributed by atoms with Crippen LogP contribution in [-0.4, -0.2) is 29.8 Å². The maximum Gasteiger partial charge on any atom is 0.292 e. The zero-order valence-corrected chi connectivity index (χ0v) is 10.2. The van der Waals surface area contributed by atoms with Crippen LogP contribution in [-0.2, 0) is 11.3 Å². The van der Waals surface area contributed by atoms with Crippen LogP contribution < -0.4 is 5.32 Å². The first kappa shape index (κ1) is 12.8. The van der Waals surface area contributed by atoms with Crippen LogP contribution in [0.4, 0.5) is 11.4 Å². The topological polar surface area (TPSA) is 84.6 Å². The fraction of sp³-hybridized carbons (Fsp3) is 0.500. The van der Waals surface area contributed by atoms with Gasteiger partial charge in [0.05, 0.1) is 24.7 Å². The highest BCUT2D eigenvalue weighted by molar-refractivity contribution is 5.62. The van der Waals surface area contributed by atoms with Crippen LogP contribution in [0.2, 0.25) is 0 Å². The number of anilines is 1. The number of nitrogens with zero attached hydrogens (tertiary/aromatic N) is 1. The van der Waals surface area contributed by atoms with Gasteiger partial charge in [0, 0.05) is 18.0 Å². The van der Waals surface area contributed by atoms with Crippen LogP contribution in [0.15, 0.2) is 18.2 Å². The molecule has 0 bridgehead atoms. The second kappa shape index (κ2) is 4.91. The van der Waals surface area contributed by atoms with E-state index in [4.69, 9.17) is 9.84 Å². The lowest BCUT2D eigenvalue weighted by Crippen LogP contribution is -2.45. The Morgan fingerprint density at radius 1 is 1.56 bits per heavy atom. The van der Waals surface area contributed by atoms with E-state index in [2.05, 4.69) is 12.2 Å². The molecule has 18 heavy (non-hydrogen) atoms. The molecule has 0 spiro atoms. The molecule has 2 rings (SSSR count). The molecule has 0 atom stereocenters. The van der Waals surface area contributed by atoms with E-state index < -0.39 is 4.92 Å². The lowest BCUT2D eigenvalue weighted by atomic mass is 9.88. The van der Waals surface area contributed by atoms with Crippen molar-refractivity contribution in [3.8, 4) is 0 Å².